The van der Waals surface area contributed by atoms with Gasteiger partial charge in [0.1, 0.15) is 17.2 Å². The lowest BCUT2D eigenvalue weighted by atomic mass is 10.0. The number of carbonyl (C=O) groups is 1. The lowest BCUT2D eigenvalue weighted by molar-refractivity contribution is 0.179. The first-order chi connectivity index (χ1) is 12.9. The van der Waals surface area contributed by atoms with E-state index in [4.69, 9.17) is 16.3 Å². The average molecular weight is 388 g/mol. The Morgan fingerprint density at radius 3 is 2.63 bits per heavy atom. The summed E-state index contributed by atoms with van der Waals surface area (Å²) in [6.07, 6.45) is 3.51. The average Bonchev–Trinajstić information content (AvgIpc) is 3.32. The Kier molecular flexibility index (Phi) is 4.60. The molecule has 2 atom stereocenters. The summed E-state index contributed by atoms with van der Waals surface area (Å²) in [6, 6.07) is 7.23. The molecule has 1 aromatic carbocycles. The van der Waals surface area contributed by atoms with E-state index in [0.717, 1.165) is 24.2 Å². The Balaban J connectivity index is 1.37. The molecule has 142 valence electrons. The van der Waals surface area contributed by atoms with Gasteiger partial charge in [0.25, 0.3) is 0 Å². The number of halogens is 1. The number of ether oxygens (including phenoxy) is 1. The Morgan fingerprint density at radius 2 is 2.00 bits per heavy atom. The van der Waals surface area contributed by atoms with Crippen LogP contribution in [-0.4, -0.2) is 45.0 Å². The number of aliphatic hydroxyl groups excluding tert-OH is 1. The number of hydrogen-bond donors (Lipinski definition) is 1. The van der Waals surface area contributed by atoms with Crippen molar-refractivity contribution in [1.82, 2.24) is 14.7 Å². The molecule has 2 heterocycles. The van der Waals surface area contributed by atoms with Gasteiger partial charge in [-0.15, -0.1) is 0 Å². The minimum Gasteiger partial charge on any atom is -0.506 e. The second-order valence-corrected chi connectivity index (χ2v) is 7.78. The smallest absolute Gasteiger partial charge is 0.344 e. The highest BCUT2D eigenvalue weighted by Gasteiger charge is 2.43. The molecule has 2 aliphatic rings. The Morgan fingerprint density at radius 1 is 1.30 bits per heavy atom. The van der Waals surface area contributed by atoms with Gasteiger partial charge in [-0.2, -0.15) is 9.78 Å². The number of carbonyl (C=O) groups excluding carboxylic acids is 1. The highest BCUT2D eigenvalue weighted by molar-refractivity contribution is 6.32. The molecule has 0 radical (unpaired) electrons. The zero-order valence-corrected chi connectivity index (χ0v) is 15.9. The molecule has 1 saturated carbocycles. The molecule has 2 fully saturated rings. The van der Waals surface area contributed by atoms with E-state index in [-0.39, 0.29) is 17.9 Å². The number of aliphatic hydroxyl groups is 1. The van der Waals surface area contributed by atoms with E-state index in [1.54, 1.807) is 12.3 Å². The lowest BCUT2D eigenvalue weighted by Gasteiger charge is -2.20. The van der Waals surface area contributed by atoms with Crippen molar-refractivity contribution in [2.45, 2.75) is 25.9 Å². The number of aromatic nitrogens is 2. The van der Waals surface area contributed by atoms with Crippen LogP contribution in [0.5, 0.6) is 5.75 Å². The van der Waals surface area contributed by atoms with Crippen LogP contribution in [-0.2, 0) is 0 Å². The van der Waals surface area contributed by atoms with E-state index in [1.807, 2.05) is 30.0 Å². The molecule has 27 heavy (non-hydrogen) atoms. The molecule has 7 heteroatoms. The third-order valence-corrected chi connectivity index (χ3v) is 5.99. The van der Waals surface area contributed by atoms with Crippen molar-refractivity contribution in [2.75, 3.05) is 13.1 Å². The van der Waals surface area contributed by atoms with E-state index in [0.29, 0.717) is 35.6 Å². The van der Waals surface area contributed by atoms with E-state index in [1.165, 1.54) is 4.68 Å². The van der Waals surface area contributed by atoms with Crippen LogP contribution in [0.1, 0.15) is 24.1 Å². The molecule has 0 bridgehead atoms. The van der Waals surface area contributed by atoms with Crippen LogP contribution in [0.25, 0.3) is 5.76 Å². The van der Waals surface area contributed by atoms with Crippen LogP contribution in [0.2, 0.25) is 5.02 Å². The lowest BCUT2D eigenvalue weighted by Crippen LogP contribution is -2.34. The molecule has 2 unspecified atom stereocenters. The van der Waals surface area contributed by atoms with Gasteiger partial charge in [0.05, 0.1) is 11.1 Å². The van der Waals surface area contributed by atoms with Crippen LogP contribution < -0.4 is 4.74 Å². The van der Waals surface area contributed by atoms with Crippen molar-refractivity contribution in [1.29, 1.82) is 0 Å². The largest absolute Gasteiger partial charge is 0.506 e. The van der Waals surface area contributed by atoms with Gasteiger partial charge >= 0.3 is 6.03 Å². The predicted molar refractivity (Wildman–Crippen MR) is 103 cm³/mol. The number of hydrogen-bond acceptors (Lipinski definition) is 4. The Hall–Kier alpha value is -2.47. The SMILES string of the molecule is C=C(O)c1ccn(C(=O)N2CC3CC(Oc4cccc(C)c4Cl)CC3C2)n1. The van der Waals surface area contributed by atoms with Crippen molar-refractivity contribution >= 4 is 23.4 Å². The molecule has 2 aromatic rings. The maximum absolute atomic E-state index is 12.6. The van der Waals surface area contributed by atoms with E-state index in [2.05, 4.69) is 11.7 Å². The van der Waals surface area contributed by atoms with Crippen LogP contribution in [0.4, 0.5) is 4.79 Å². The van der Waals surface area contributed by atoms with Crippen LogP contribution in [0.3, 0.4) is 0 Å². The van der Waals surface area contributed by atoms with Gasteiger partial charge in [-0.1, -0.05) is 30.3 Å². The Labute approximate surface area is 163 Å². The second-order valence-electron chi connectivity index (χ2n) is 7.40. The maximum atomic E-state index is 12.6. The molecule has 1 aliphatic heterocycles. The molecule has 1 aromatic heterocycles. The fourth-order valence-electron chi connectivity index (χ4n) is 4.12. The molecule has 1 aliphatic carbocycles. The summed E-state index contributed by atoms with van der Waals surface area (Å²) in [7, 11) is 0. The Bertz CT molecular complexity index is 880. The van der Waals surface area contributed by atoms with Gasteiger partial charge in [-0.3, -0.25) is 0 Å². The van der Waals surface area contributed by atoms with Gasteiger partial charge in [-0.05, 0) is 49.3 Å². The van der Waals surface area contributed by atoms with Gasteiger partial charge in [0, 0.05) is 19.3 Å². The first-order valence-corrected chi connectivity index (χ1v) is 9.45. The molecule has 4 rings (SSSR count). The van der Waals surface area contributed by atoms with E-state index in [9.17, 15) is 9.90 Å². The highest BCUT2D eigenvalue weighted by atomic mass is 35.5. The summed E-state index contributed by atoms with van der Waals surface area (Å²) in [4.78, 5) is 14.5. The van der Waals surface area contributed by atoms with Gasteiger partial charge in [-0.25, -0.2) is 4.79 Å². The van der Waals surface area contributed by atoms with Gasteiger partial charge < -0.3 is 14.7 Å². The topological polar surface area (TPSA) is 67.6 Å². The second kappa shape index (κ2) is 6.93. The normalized spacial score (nSPS) is 24.1. The molecule has 0 spiro atoms. The summed E-state index contributed by atoms with van der Waals surface area (Å²) in [5.41, 5.74) is 1.32. The fraction of sp³-hybridized carbons (Fsp3) is 0.400. The van der Waals surface area contributed by atoms with Gasteiger partial charge in [0.15, 0.2) is 0 Å². The van der Waals surface area contributed by atoms with Crippen molar-refractivity contribution in [2.24, 2.45) is 11.8 Å². The summed E-state index contributed by atoms with van der Waals surface area (Å²) >= 11 is 6.34. The molecule has 6 nitrogen and oxygen atoms in total. The molecular weight excluding hydrogens is 366 g/mol. The van der Waals surface area contributed by atoms with Crippen LogP contribution in [0, 0.1) is 18.8 Å². The highest BCUT2D eigenvalue weighted by Crippen LogP contribution is 2.41. The van der Waals surface area contributed by atoms with Crippen molar-refractivity contribution in [3.63, 3.8) is 0 Å². The van der Waals surface area contributed by atoms with Crippen molar-refractivity contribution in [3.8, 4) is 5.75 Å². The number of nitrogens with zero attached hydrogens (tertiary/aromatic N) is 3. The van der Waals surface area contributed by atoms with Crippen molar-refractivity contribution in [3.05, 3.63) is 53.3 Å². The number of amides is 1. The minimum absolute atomic E-state index is 0.130. The predicted octanol–water partition coefficient (Wildman–Crippen LogP) is 4.13. The molecule has 1 N–H and O–H groups in total. The fourth-order valence-corrected chi connectivity index (χ4v) is 4.29. The first kappa shape index (κ1) is 17.9. The first-order valence-electron chi connectivity index (χ1n) is 9.07. The third-order valence-electron chi connectivity index (χ3n) is 5.51. The quantitative estimate of drug-likeness (QED) is 0.804. The monoisotopic (exact) mass is 387 g/mol. The third kappa shape index (κ3) is 3.41. The summed E-state index contributed by atoms with van der Waals surface area (Å²) in [5, 5.41) is 14.1. The van der Waals surface area contributed by atoms with E-state index < -0.39 is 0 Å². The number of fused-ring (bicyclic) bond motifs is 1. The van der Waals surface area contributed by atoms with E-state index >= 15 is 0 Å². The minimum atomic E-state index is -0.170. The summed E-state index contributed by atoms with van der Waals surface area (Å²) in [5.74, 6) is 1.44. The van der Waals surface area contributed by atoms with Crippen molar-refractivity contribution < 1.29 is 14.6 Å². The molecule has 1 saturated heterocycles. The van der Waals surface area contributed by atoms with Crippen LogP contribution in [0.15, 0.2) is 37.0 Å². The summed E-state index contributed by atoms with van der Waals surface area (Å²) in [6.45, 7) is 6.78. The number of benzene rings is 1. The standard InChI is InChI=1S/C20H22ClN3O3/c1-12-4-3-5-18(19(12)21)27-16-8-14-10-23(11-15(14)9-16)20(26)24-7-6-17(22-24)13(2)25/h3-7,14-16,25H,2,8-11H2,1H3. The molecular formula is C20H22ClN3O3. The number of aryl methyl sites for hydroxylation is 1. The number of rotatable bonds is 3. The number of likely N-dealkylation sites (tertiary alicyclic amines) is 1. The molecule has 1 amide bonds. The van der Waals surface area contributed by atoms with Crippen LogP contribution >= 0.6 is 11.6 Å². The maximum Gasteiger partial charge on any atom is 0.344 e. The van der Waals surface area contributed by atoms with Gasteiger partial charge in [0.2, 0.25) is 0 Å². The zero-order chi connectivity index (χ0) is 19.1. The summed E-state index contributed by atoms with van der Waals surface area (Å²) < 4.78 is 7.41. The zero-order valence-electron chi connectivity index (χ0n) is 15.1.